The molecule has 0 aliphatic carbocycles. The van der Waals surface area contributed by atoms with Gasteiger partial charge in [0.2, 0.25) is 5.91 Å². The molecule has 9 heteroatoms. The molecule has 2 aromatic carbocycles. The van der Waals surface area contributed by atoms with Crippen LogP contribution < -0.4 is 4.90 Å². The molecule has 0 bridgehead atoms. The van der Waals surface area contributed by atoms with E-state index in [1.165, 1.54) is 17.8 Å². The van der Waals surface area contributed by atoms with Crippen molar-refractivity contribution in [2.75, 3.05) is 17.4 Å². The van der Waals surface area contributed by atoms with Crippen LogP contribution in [0.1, 0.15) is 23.5 Å². The predicted octanol–water partition coefficient (Wildman–Crippen LogP) is 4.78. The molecule has 2 aromatic rings. The number of fused-ring (bicyclic) bond motifs is 1. The summed E-state index contributed by atoms with van der Waals surface area (Å²) in [7, 11) is 0. The first-order valence-electron chi connectivity index (χ1n) is 9.22. The number of anilines is 1. The highest BCUT2D eigenvalue weighted by atomic mass is 35.5. The topological polar surface area (TPSA) is 90.5 Å². The lowest BCUT2D eigenvalue weighted by atomic mass is 9.85. The number of aryl methyl sites for hydroxylation is 1. The van der Waals surface area contributed by atoms with E-state index in [2.05, 4.69) is 6.07 Å². The number of halogens is 1. The minimum Gasteiger partial charge on any atom is -0.344 e. The molecule has 1 atom stereocenters. The van der Waals surface area contributed by atoms with E-state index in [-0.39, 0.29) is 18.0 Å². The number of nitro groups is 1. The summed E-state index contributed by atoms with van der Waals surface area (Å²) in [4.78, 5) is 27.6. The molecule has 0 unspecified atom stereocenters. The number of hydrogen-bond donors (Lipinski definition) is 0. The number of benzene rings is 2. The van der Waals surface area contributed by atoms with E-state index in [0.717, 1.165) is 11.3 Å². The van der Waals surface area contributed by atoms with Crippen LogP contribution in [0.15, 0.2) is 53.1 Å². The average molecular weight is 441 g/mol. The lowest BCUT2D eigenvalue weighted by Crippen LogP contribution is -2.47. The maximum absolute atomic E-state index is 13.0. The Kier molecular flexibility index (Phi) is 5.41. The Morgan fingerprint density at radius 2 is 2.07 bits per heavy atom. The third-order valence-corrected chi connectivity index (χ3v) is 6.88. The van der Waals surface area contributed by atoms with Crippen molar-refractivity contribution in [3.63, 3.8) is 0 Å². The zero-order valence-electron chi connectivity index (χ0n) is 16.0. The summed E-state index contributed by atoms with van der Waals surface area (Å²) in [5, 5.41) is 22.6. The molecule has 0 saturated carbocycles. The standard InChI is InChI=1S/C21H17ClN4O3S/c1-13-6-7-14(8-18(13)22)24-11-25-20(27)9-16(17(10-23)21(25)30-12-24)15-4-2-3-5-19(15)26(28)29/h2-8,16H,9,11-12H2,1H3/t16-/m1/s1. The van der Waals surface area contributed by atoms with Crippen LogP contribution in [0.2, 0.25) is 5.02 Å². The van der Waals surface area contributed by atoms with Crippen molar-refractivity contribution < 1.29 is 9.72 Å². The first kappa shape index (κ1) is 20.3. The van der Waals surface area contributed by atoms with Crippen molar-refractivity contribution in [2.24, 2.45) is 0 Å². The lowest BCUT2D eigenvalue weighted by Gasteiger charge is -2.42. The van der Waals surface area contributed by atoms with E-state index < -0.39 is 10.8 Å². The highest BCUT2D eigenvalue weighted by Crippen LogP contribution is 2.45. The number of carbonyl (C=O) groups excluding carboxylic acids is 1. The maximum Gasteiger partial charge on any atom is 0.273 e. The van der Waals surface area contributed by atoms with Crippen molar-refractivity contribution in [3.05, 3.63) is 79.3 Å². The summed E-state index contributed by atoms with van der Waals surface area (Å²) in [5.74, 6) is -0.251. The van der Waals surface area contributed by atoms with Crippen LogP contribution in [0.3, 0.4) is 0 Å². The van der Waals surface area contributed by atoms with Gasteiger partial charge >= 0.3 is 0 Å². The average Bonchev–Trinajstić information content (AvgIpc) is 2.75. The zero-order chi connectivity index (χ0) is 21.4. The van der Waals surface area contributed by atoms with Gasteiger partial charge in [-0.25, -0.2) is 0 Å². The fraction of sp³-hybridized carbons (Fsp3) is 0.238. The normalized spacial score (nSPS) is 18.8. The maximum atomic E-state index is 13.0. The minimum absolute atomic E-state index is 0.0142. The largest absolute Gasteiger partial charge is 0.344 e. The molecule has 0 N–H and O–H groups in total. The molecule has 30 heavy (non-hydrogen) atoms. The van der Waals surface area contributed by atoms with Gasteiger partial charge in [-0.1, -0.05) is 47.6 Å². The number of allylic oxidation sites excluding steroid dienone is 1. The zero-order valence-corrected chi connectivity index (χ0v) is 17.6. The fourth-order valence-electron chi connectivity index (χ4n) is 3.72. The van der Waals surface area contributed by atoms with E-state index >= 15 is 0 Å². The summed E-state index contributed by atoms with van der Waals surface area (Å²) in [6.45, 7) is 2.23. The first-order valence-corrected chi connectivity index (χ1v) is 10.6. The molecule has 0 radical (unpaired) electrons. The molecule has 2 aliphatic rings. The molecule has 0 spiro atoms. The fourth-order valence-corrected chi connectivity index (χ4v) is 5.06. The van der Waals surface area contributed by atoms with Crippen LogP contribution in [0.25, 0.3) is 0 Å². The van der Waals surface area contributed by atoms with E-state index in [9.17, 15) is 20.2 Å². The quantitative estimate of drug-likeness (QED) is 0.504. The number of para-hydroxylation sites is 1. The third-order valence-electron chi connectivity index (χ3n) is 5.32. The molecular weight excluding hydrogens is 424 g/mol. The summed E-state index contributed by atoms with van der Waals surface area (Å²) in [5.41, 5.74) is 2.58. The van der Waals surface area contributed by atoms with Gasteiger partial charge in [0.25, 0.3) is 5.69 Å². The van der Waals surface area contributed by atoms with Gasteiger partial charge in [-0.3, -0.25) is 19.8 Å². The molecule has 152 valence electrons. The number of nitrogens with zero attached hydrogens (tertiary/aromatic N) is 4. The number of carbonyl (C=O) groups is 1. The molecule has 1 saturated heterocycles. The van der Waals surface area contributed by atoms with Crippen molar-refractivity contribution in [1.82, 2.24) is 4.90 Å². The predicted molar refractivity (Wildman–Crippen MR) is 116 cm³/mol. The second-order valence-electron chi connectivity index (χ2n) is 7.11. The van der Waals surface area contributed by atoms with Crippen LogP contribution in [0, 0.1) is 28.4 Å². The number of rotatable bonds is 3. The minimum atomic E-state index is -0.622. The van der Waals surface area contributed by atoms with Crippen LogP contribution in [0.5, 0.6) is 0 Å². The Labute approximate surface area is 182 Å². The van der Waals surface area contributed by atoms with Crippen LogP contribution in [-0.4, -0.2) is 28.3 Å². The third kappa shape index (κ3) is 3.51. The molecule has 0 aromatic heterocycles. The number of amides is 1. The van der Waals surface area contributed by atoms with Gasteiger partial charge in [-0.2, -0.15) is 5.26 Å². The van der Waals surface area contributed by atoms with E-state index in [1.807, 2.05) is 30.0 Å². The Hall–Kier alpha value is -3.02. The molecule has 7 nitrogen and oxygen atoms in total. The number of nitriles is 1. The van der Waals surface area contributed by atoms with Crippen LogP contribution in [0.4, 0.5) is 11.4 Å². The van der Waals surface area contributed by atoms with E-state index in [1.54, 1.807) is 23.1 Å². The highest BCUT2D eigenvalue weighted by molar-refractivity contribution is 8.03. The summed E-state index contributed by atoms with van der Waals surface area (Å²) in [6, 6.07) is 14.3. The molecule has 1 fully saturated rings. The van der Waals surface area contributed by atoms with Crippen LogP contribution >= 0.6 is 23.4 Å². The van der Waals surface area contributed by atoms with E-state index in [0.29, 0.717) is 33.7 Å². The molecule has 1 amide bonds. The van der Waals surface area contributed by atoms with Gasteiger partial charge in [-0.15, -0.1) is 0 Å². The Balaban J connectivity index is 1.70. The summed E-state index contributed by atoms with van der Waals surface area (Å²) >= 11 is 7.64. The summed E-state index contributed by atoms with van der Waals surface area (Å²) < 4.78 is 0. The molecule has 4 rings (SSSR count). The van der Waals surface area contributed by atoms with Crippen LogP contribution in [-0.2, 0) is 4.79 Å². The first-order chi connectivity index (χ1) is 14.4. The van der Waals surface area contributed by atoms with Gasteiger partial charge in [0.05, 0.1) is 34.1 Å². The monoisotopic (exact) mass is 440 g/mol. The second-order valence-corrected chi connectivity index (χ2v) is 8.45. The van der Waals surface area contributed by atoms with Gasteiger partial charge in [0, 0.05) is 34.7 Å². The Bertz CT molecular complexity index is 1130. The van der Waals surface area contributed by atoms with Crippen molar-refractivity contribution >= 4 is 40.6 Å². The Morgan fingerprint density at radius 1 is 1.30 bits per heavy atom. The molecule has 2 heterocycles. The summed E-state index contributed by atoms with van der Waals surface area (Å²) in [6.07, 6.45) is 0.0142. The highest BCUT2D eigenvalue weighted by Gasteiger charge is 2.40. The van der Waals surface area contributed by atoms with Gasteiger partial charge in [0.15, 0.2) is 0 Å². The molecule has 2 aliphatic heterocycles. The SMILES string of the molecule is Cc1ccc(N2CSC3=C(C#N)[C@@H](c4ccccc4[N+](=O)[O-])CC(=O)N3C2)cc1Cl. The van der Waals surface area contributed by atoms with Gasteiger partial charge in [0.1, 0.15) is 0 Å². The molecular formula is C21H17ClN4O3S. The lowest BCUT2D eigenvalue weighted by molar-refractivity contribution is -0.385. The van der Waals surface area contributed by atoms with E-state index in [4.69, 9.17) is 11.6 Å². The van der Waals surface area contributed by atoms with Gasteiger partial charge in [-0.05, 0) is 24.6 Å². The second kappa shape index (κ2) is 8.01. The van der Waals surface area contributed by atoms with Crippen molar-refractivity contribution in [3.8, 4) is 6.07 Å². The number of nitro benzene ring substituents is 1. The number of thioether (sulfide) groups is 1. The Morgan fingerprint density at radius 3 is 2.77 bits per heavy atom. The smallest absolute Gasteiger partial charge is 0.273 e. The van der Waals surface area contributed by atoms with Gasteiger partial charge < -0.3 is 4.90 Å². The number of hydrogen-bond acceptors (Lipinski definition) is 6. The van der Waals surface area contributed by atoms with Crippen molar-refractivity contribution in [1.29, 1.82) is 5.26 Å². The van der Waals surface area contributed by atoms with Crippen molar-refractivity contribution in [2.45, 2.75) is 19.3 Å².